The van der Waals surface area contributed by atoms with E-state index in [-0.39, 0.29) is 5.82 Å². The zero-order valence-corrected chi connectivity index (χ0v) is 11.8. The van der Waals surface area contributed by atoms with Gasteiger partial charge in [-0.05, 0) is 43.5 Å². The highest BCUT2D eigenvalue weighted by Crippen LogP contribution is 2.31. The van der Waals surface area contributed by atoms with Crippen molar-refractivity contribution in [3.8, 4) is 0 Å². The standard InChI is InChI=1S/C16H20FN3/c1-12-9-13(17)11-14(10-12)19-16-18-7-8-20(16)15-5-3-2-4-6-15/h7-11,15H,2-6H2,1H3,(H,18,19). The topological polar surface area (TPSA) is 29.9 Å². The van der Waals surface area contributed by atoms with Crippen LogP contribution in [0.1, 0.15) is 43.7 Å². The Bertz CT molecular complexity index is 565. The first kappa shape index (κ1) is 13.2. The summed E-state index contributed by atoms with van der Waals surface area (Å²) >= 11 is 0. The highest BCUT2D eigenvalue weighted by molar-refractivity contribution is 5.55. The van der Waals surface area contributed by atoms with E-state index >= 15 is 0 Å². The smallest absolute Gasteiger partial charge is 0.207 e. The molecule has 0 atom stereocenters. The van der Waals surface area contributed by atoms with Crippen LogP contribution in [0.15, 0.2) is 30.6 Å². The van der Waals surface area contributed by atoms with Crippen molar-refractivity contribution in [3.05, 3.63) is 42.0 Å². The van der Waals surface area contributed by atoms with Crippen LogP contribution >= 0.6 is 0 Å². The number of aromatic nitrogens is 2. The molecule has 1 fully saturated rings. The van der Waals surface area contributed by atoms with Crippen LogP contribution in [-0.4, -0.2) is 9.55 Å². The fraction of sp³-hybridized carbons (Fsp3) is 0.438. The van der Waals surface area contributed by atoms with E-state index in [1.54, 1.807) is 0 Å². The zero-order chi connectivity index (χ0) is 13.9. The van der Waals surface area contributed by atoms with Crippen LogP contribution in [0.3, 0.4) is 0 Å². The third-order valence-corrected chi connectivity index (χ3v) is 3.94. The summed E-state index contributed by atoms with van der Waals surface area (Å²) in [5.74, 6) is 0.588. The highest BCUT2D eigenvalue weighted by Gasteiger charge is 2.17. The van der Waals surface area contributed by atoms with Crippen molar-refractivity contribution in [3.63, 3.8) is 0 Å². The van der Waals surface area contributed by atoms with Crippen molar-refractivity contribution in [2.24, 2.45) is 0 Å². The van der Waals surface area contributed by atoms with Crippen LogP contribution in [0.25, 0.3) is 0 Å². The predicted molar refractivity (Wildman–Crippen MR) is 78.8 cm³/mol. The van der Waals surface area contributed by atoms with Crippen molar-refractivity contribution < 1.29 is 4.39 Å². The van der Waals surface area contributed by atoms with Gasteiger partial charge in [0.2, 0.25) is 5.95 Å². The molecule has 1 aliphatic carbocycles. The molecular formula is C16H20FN3. The second kappa shape index (κ2) is 5.65. The molecule has 4 heteroatoms. The monoisotopic (exact) mass is 273 g/mol. The van der Waals surface area contributed by atoms with E-state index in [0.717, 1.165) is 17.2 Å². The summed E-state index contributed by atoms with van der Waals surface area (Å²) in [4.78, 5) is 4.38. The van der Waals surface area contributed by atoms with Gasteiger partial charge in [0, 0.05) is 24.1 Å². The highest BCUT2D eigenvalue weighted by atomic mass is 19.1. The Balaban J connectivity index is 1.82. The second-order valence-electron chi connectivity index (χ2n) is 5.59. The molecule has 106 valence electrons. The van der Waals surface area contributed by atoms with Gasteiger partial charge in [-0.1, -0.05) is 19.3 Å². The Morgan fingerprint density at radius 2 is 2.00 bits per heavy atom. The first-order valence-corrected chi connectivity index (χ1v) is 7.29. The third-order valence-electron chi connectivity index (χ3n) is 3.94. The Morgan fingerprint density at radius 3 is 2.75 bits per heavy atom. The lowest BCUT2D eigenvalue weighted by atomic mass is 9.95. The van der Waals surface area contributed by atoms with E-state index < -0.39 is 0 Å². The summed E-state index contributed by atoms with van der Waals surface area (Å²) in [5, 5.41) is 3.24. The average Bonchev–Trinajstić information content (AvgIpc) is 2.86. The Hall–Kier alpha value is -1.84. The molecule has 1 heterocycles. The maximum atomic E-state index is 13.4. The third kappa shape index (κ3) is 2.84. The molecule has 0 amide bonds. The number of rotatable bonds is 3. The molecule has 0 spiro atoms. The van der Waals surface area contributed by atoms with Crippen molar-refractivity contribution in [1.29, 1.82) is 0 Å². The normalized spacial score (nSPS) is 16.3. The van der Waals surface area contributed by atoms with Crippen molar-refractivity contribution in [2.75, 3.05) is 5.32 Å². The van der Waals surface area contributed by atoms with E-state index in [2.05, 4.69) is 14.9 Å². The lowest BCUT2D eigenvalue weighted by Gasteiger charge is -2.24. The molecule has 3 nitrogen and oxygen atoms in total. The van der Waals surface area contributed by atoms with E-state index in [4.69, 9.17) is 0 Å². The van der Waals surface area contributed by atoms with Gasteiger partial charge in [-0.3, -0.25) is 0 Å². The molecule has 0 saturated heterocycles. The minimum atomic E-state index is -0.219. The van der Waals surface area contributed by atoms with Crippen LogP contribution in [0.5, 0.6) is 0 Å². The fourth-order valence-corrected chi connectivity index (χ4v) is 3.00. The number of benzene rings is 1. The quantitative estimate of drug-likeness (QED) is 0.887. The molecule has 1 aromatic carbocycles. The predicted octanol–water partition coefficient (Wildman–Crippen LogP) is 4.58. The Labute approximate surface area is 118 Å². The van der Waals surface area contributed by atoms with Gasteiger partial charge in [-0.2, -0.15) is 0 Å². The summed E-state index contributed by atoms with van der Waals surface area (Å²) in [6, 6.07) is 5.48. The molecule has 0 bridgehead atoms. The summed E-state index contributed by atoms with van der Waals surface area (Å²) in [5.41, 5.74) is 1.66. The van der Waals surface area contributed by atoms with Crippen LogP contribution < -0.4 is 5.32 Å². The second-order valence-corrected chi connectivity index (χ2v) is 5.59. The lowest BCUT2D eigenvalue weighted by Crippen LogP contribution is -2.14. The van der Waals surface area contributed by atoms with E-state index in [1.807, 2.05) is 25.4 Å². The van der Waals surface area contributed by atoms with Crippen molar-refractivity contribution in [1.82, 2.24) is 9.55 Å². The largest absolute Gasteiger partial charge is 0.325 e. The van der Waals surface area contributed by atoms with Crippen LogP contribution in [0.4, 0.5) is 16.0 Å². The first-order chi connectivity index (χ1) is 9.72. The maximum Gasteiger partial charge on any atom is 0.207 e. The fourth-order valence-electron chi connectivity index (χ4n) is 3.00. The van der Waals surface area contributed by atoms with Crippen LogP contribution in [-0.2, 0) is 0 Å². The molecular weight excluding hydrogens is 253 g/mol. The molecule has 0 aliphatic heterocycles. The number of nitrogens with one attached hydrogen (secondary N) is 1. The minimum Gasteiger partial charge on any atom is -0.325 e. The van der Waals surface area contributed by atoms with E-state index in [0.29, 0.717) is 6.04 Å². The molecule has 3 rings (SSSR count). The van der Waals surface area contributed by atoms with Gasteiger partial charge in [0.1, 0.15) is 5.82 Å². The Kier molecular flexibility index (Phi) is 3.72. The zero-order valence-electron chi connectivity index (χ0n) is 11.8. The van der Waals surface area contributed by atoms with Crippen LogP contribution in [0.2, 0.25) is 0 Å². The van der Waals surface area contributed by atoms with Gasteiger partial charge in [0.25, 0.3) is 0 Å². The number of anilines is 2. The van der Waals surface area contributed by atoms with Crippen LogP contribution in [0, 0.1) is 12.7 Å². The molecule has 1 N–H and O–H groups in total. The molecule has 2 aromatic rings. The number of aryl methyl sites for hydroxylation is 1. The first-order valence-electron chi connectivity index (χ1n) is 7.29. The molecule has 1 aromatic heterocycles. The SMILES string of the molecule is Cc1cc(F)cc(Nc2nccn2C2CCCCC2)c1. The summed E-state index contributed by atoms with van der Waals surface area (Å²) in [6.07, 6.45) is 10.1. The van der Waals surface area contributed by atoms with E-state index in [9.17, 15) is 4.39 Å². The number of imidazole rings is 1. The Morgan fingerprint density at radius 1 is 1.20 bits per heavy atom. The number of nitrogens with zero attached hydrogens (tertiary/aromatic N) is 2. The lowest BCUT2D eigenvalue weighted by molar-refractivity contribution is 0.356. The van der Waals surface area contributed by atoms with Gasteiger partial charge >= 0.3 is 0 Å². The van der Waals surface area contributed by atoms with Gasteiger partial charge in [-0.15, -0.1) is 0 Å². The average molecular weight is 273 g/mol. The van der Waals surface area contributed by atoms with Gasteiger partial charge in [-0.25, -0.2) is 9.37 Å². The summed E-state index contributed by atoms with van der Waals surface area (Å²) in [7, 11) is 0. The molecule has 1 saturated carbocycles. The maximum absolute atomic E-state index is 13.4. The van der Waals surface area contributed by atoms with Crippen molar-refractivity contribution >= 4 is 11.6 Å². The van der Waals surface area contributed by atoms with Crippen molar-refractivity contribution in [2.45, 2.75) is 45.1 Å². The number of hydrogen-bond donors (Lipinski definition) is 1. The summed E-state index contributed by atoms with van der Waals surface area (Å²) in [6.45, 7) is 1.89. The van der Waals surface area contributed by atoms with Gasteiger partial charge < -0.3 is 9.88 Å². The molecule has 0 unspecified atom stereocenters. The minimum absolute atomic E-state index is 0.219. The molecule has 0 radical (unpaired) electrons. The number of hydrogen-bond acceptors (Lipinski definition) is 2. The summed E-state index contributed by atoms with van der Waals surface area (Å²) < 4.78 is 15.6. The molecule has 1 aliphatic rings. The van der Waals surface area contributed by atoms with Gasteiger partial charge in [0.05, 0.1) is 0 Å². The number of halogens is 1. The van der Waals surface area contributed by atoms with Gasteiger partial charge in [0.15, 0.2) is 0 Å². The molecule has 20 heavy (non-hydrogen) atoms. The van der Waals surface area contributed by atoms with E-state index in [1.165, 1.54) is 44.2 Å².